The largest absolute Gasteiger partial charge is 0.493 e. The zero-order chi connectivity index (χ0) is 34.9. The Labute approximate surface area is 285 Å². The number of nitrogens with one attached hydrogen (secondary N) is 2. The van der Waals surface area contributed by atoms with Gasteiger partial charge in [0.2, 0.25) is 5.91 Å². The minimum Gasteiger partial charge on any atom is -0.493 e. The van der Waals surface area contributed by atoms with Crippen molar-refractivity contribution in [1.82, 2.24) is 10.3 Å². The Hall–Kier alpha value is -4.15. The van der Waals surface area contributed by atoms with Crippen molar-refractivity contribution in [3.8, 4) is 11.5 Å². The third-order valence-electron chi connectivity index (χ3n) is 8.54. The highest BCUT2D eigenvalue weighted by Gasteiger charge is 2.33. The van der Waals surface area contributed by atoms with Gasteiger partial charge in [0.1, 0.15) is 6.61 Å². The Kier molecular flexibility index (Phi) is 16.2. The maximum absolute atomic E-state index is 13.4. The lowest BCUT2D eigenvalue weighted by atomic mass is 9.80. The van der Waals surface area contributed by atoms with E-state index in [0.29, 0.717) is 43.2 Å². The standard InChI is InChI=1S/C38H53N3O7/c1-26(2)30(21-29-13-14-35(46-6)36(22-29)47-20-10-19-45-5)23-33(41-38(44)48-25-28-11-8-7-9-12-28)34(42)24-32(27(3)4)37(43)40-31-15-17-39-18-16-31/h7-9,11-18,22,26-27,30,32-34,42H,10,19-21,23-25H2,1-6H3,(H,41,44)(H,39,40,43)/t30-,32-,33-,34-/m0/s1. The molecule has 10 nitrogen and oxygen atoms in total. The molecule has 0 saturated carbocycles. The van der Waals surface area contributed by atoms with Gasteiger partial charge in [-0.15, -0.1) is 0 Å². The van der Waals surface area contributed by atoms with Gasteiger partial charge in [0.15, 0.2) is 11.5 Å². The van der Waals surface area contributed by atoms with Crippen LogP contribution in [-0.2, 0) is 27.3 Å². The van der Waals surface area contributed by atoms with Crippen LogP contribution in [0.1, 0.15) is 58.1 Å². The molecule has 0 aliphatic carbocycles. The zero-order valence-electron chi connectivity index (χ0n) is 29.2. The first kappa shape index (κ1) is 38.3. The minimum atomic E-state index is -1.01. The summed E-state index contributed by atoms with van der Waals surface area (Å²) in [4.78, 5) is 30.5. The molecule has 2 aromatic carbocycles. The summed E-state index contributed by atoms with van der Waals surface area (Å²) < 4.78 is 22.3. The van der Waals surface area contributed by atoms with Crippen LogP contribution in [0.2, 0.25) is 0 Å². The van der Waals surface area contributed by atoms with Crippen LogP contribution < -0.4 is 20.1 Å². The molecule has 0 bridgehead atoms. The number of aromatic nitrogens is 1. The number of hydrogen-bond donors (Lipinski definition) is 3. The van der Waals surface area contributed by atoms with Crippen molar-refractivity contribution in [3.63, 3.8) is 0 Å². The number of ether oxygens (including phenoxy) is 4. The molecule has 0 spiro atoms. The summed E-state index contributed by atoms with van der Waals surface area (Å²) in [6.07, 6.45) is 3.64. The van der Waals surface area contributed by atoms with Crippen molar-refractivity contribution in [1.29, 1.82) is 0 Å². The van der Waals surface area contributed by atoms with Gasteiger partial charge in [0.05, 0.1) is 25.9 Å². The van der Waals surface area contributed by atoms with E-state index in [1.54, 1.807) is 38.7 Å². The van der Waals surface area contributed by atoms with Gasteiger partial charge in [-0.05, 0) is 72.4 Å². The van der Waals surface area contributed by atoms with Gasteiger partial charge in [-0.2, -0.15) is 0 Å². The van der Waals surface area contributed by atoms with Crippen LogP contribution in [-0.4, -0.2) is 61.7 Å². The highest BCUT2D eigenvalue weighted by Crippen LogP contribution is 2.32. The van der Waals surface area contributed by atoms with Crippen LogP contribution in [0.4, 0.5) is 10.5 Å². The normalized spacial score (nSPS) is 13.8. The maximum atomic E-state index is 13.4. The quantitative estimate of drug-likeness (QED) is 0.114. The average molecular weight is 664 g/mol. The van der Waals surface area contributed by atoms with Crippen molar-refractivity contribution < 1.29 is 33.6 Å². The predicted octanol–water partition coefficient (Wildman–Crippen LogP) is 6.67. The van der Waals surface area contributed by atoms with Gasteiger partial charge >= 0.3 is 6.09 Å². The molecule has 0 saturated heterocycles. The average Bonchev–Trinajstić information content (AvgIpc) is 3.08. The predicted molar refractivity (Wildman–Crippen MR) is 187 cm³/mol. The molecule has 0 unspecified atom stereocenters. The number of rotatable bonds is 20. The number of alkyl carbamates (subject to hydrolysis) is 1. The Bertz CT molecular complexity index is 1370. The van der Waals surface area contributed by atoms with Gasteiger partial charge in [0, 0.05) is 44.1 Å². The highest BCUT2D eigenvalue weighted by molar-refractivity contribution is 5.92. The third-order valence-corrected chi connectivity index (χ3v) is 8.54. The Balaban J connectivity index is 1.80. The summed E-state index contributed by atoms with van der Waals surface area (Å²) >= 11 is 0. The number of anilines is 1. The first-order valence-corrected chi connectivity index (χ1v) is 16.8. The topological polar surface area (TPSA) is 128 Å². The van der Waals surface area contributed by atoms with E-state index >= 15 is 0 Å². The van der Waals surface area contributed by atoms with Gasteiger partial charge in [-0.3, -0.25) is 9.78 Å². The van der Waals surface area contributed by atoms with Crippen molar-refractivity contribution in [2.24, 2.45) is 23.7 Å². The second kappa shape index (κ2) is 20.3. The molecule has 4 atom stereocenters. The van der Waals surface area contributed by atoms with E-state index in [1.165, 1.54) is 0 Å². The molecule has 1 aromatic heterocycles. The number of aliphatic hydroxyl groups is 1. The lowest BCUT2D eigenvalue weighted by Gasteiger charge is -2.32. The molecule has 3 rings (SSSR count). The lowest BCUT2D eigenvalue weighted by Crippen LogP contribution is -2.47. The van der Waals surface area contributed by atoms with Crippen molar-refractivity contribution in [2.45, 2.75) is 72.1 Å². The third kappa shape index (κ3) is 12.8. The number of pyridine rings is 1. The van der Waals surface area contributed by atoms with E-state index < -0.39 is 24.2 Å². The van der Waals surface area contributed by atoms with E-state index in [1.807, 2.05) is 62.4 Å². The van der Waals surface area contributed by atoms with Gasteiger partial charge < -0.3 is 34.7 Å². The molecule has 0 fully saturated rings. The fraction of sp³-hybridized carbons (Fsp3) is 0.500. The number of benzene rings is 2. The fourth-order valence-electron chi connectivity index (χ4n) is 5.57. The van der Waals surface area contributed by atoms with Gasteiger partial charge in [-0.1, -0.05) is 64.1 Å². The van der Waals surface area contributed by atoms with E-state index in [4.69, 9.17) is 18.9 Å². The molecule has 48 heavy (non-hydrogen) atoms. The number of carbonyl (C=O) groups is 2. The number of nitrogens with zero attached hydrogens (tertiary/aromatic N) is 1. The molecular formula is C38H53N3O7. The van der Waals surface area contributed by atoms with Crippen LogP contribution in [0.3, 0.4) is 0 Å². The van der Waals surface area contributed by atoms with Crippen molar-refractivity contribution in [3.05, 3.63) is 84.2 Å². The molecule has 0 aliphatic rings. The van der Waals surface area contributed by atoms with E-state index in [2.05, 4.69) is 29.5 Å². The minimum absolute atomic E-state index is 0.0605. The molecule has 2 amide bonds. The van der Waals surface area contributed by atoms with Crippen LogP contribution in [0.25, 0.3) is 0 Å². The number of carbonyl (C=O) groups excluding carboxylic acids is 2. The molecule has 3 aromatic rings. The van der Waals surface area contributed by atoms with Crippen LogP contribution in [0.5, 0.6) is 11.5 Å². The molecular weight excluding hydrogens is 610 g/mol. The van der Waals surface area contributed by atoms with E-state index in [0.717, 1.165) is 17.5 Å². The molecule has 10 heteroatoms. The summed E-state index contributed by atoms with van der Waals surface area (Å²) in [5.41, 5.74) is 2.54. The van der Waals surface area contributed by atoms with Crippen LogP contribution in [0.15, 0.2) is 73.1 Å². The molecule has 3 N–H and O–H groups in total. The number of aliphatic hydroxyl groups excluding tert-OH is 1. The van der Waals surface area contributed by atoms with Crippen molar-refractivity contribution >= 4 is 17.7 Å². The Morgan fingerprint density at radius 3 is 2.23 bits per heavy atom. The van der Waals surface area contributed by atoms with Crippen LogP contribution >= 0.6 is 0 Å². The zero-order valence-corrected chi connectivity index (χ0v) is 29.2. The summed E-state index contributed by atoms with van der Waals surface area (Å²) in [5, 5.41) is 17.6. The number of hydrogen-bond acceptors (Lipinski definition) is 8. The Morgan fingerprint density at radius 1 is 0.854 bits per heavy atom. The van der Waals surface area contributed by atoms with E-state index in [-0.39, 0.29) is 36.7 Å². The summed E-state index contributed by atoms with van der Waals surface area (Å²) in [6.45, 7) is 9.37. The molecule has 0 aliphatic heterocycles. The number of methoxy groups -OCH3 is 2. The SMILES string of the molecule is COCCCOc1cc(C[C@@H](C[C@H](NC(=O)OCc2ccccc2)[C@@H](O)C[C@H](C(=O)Nc2ccncc2)C(C)C)C(C)C)ccc1OC. The fourth-order valence-corrected chi connectivity index (χ4v) is 5.57. The molecule has 1 heterocycles. The van der Waals surface area contributed by atoms with E-state index in [9.17, 15) is 14.7 Å². The van der Waals surface area contributed by atoms with Gasteiger partial charge in [-0.25, -0.2) is 4.79 Å². The first-order valence-electron chi connectivity index (χ1n) is 16.8. The van der Waals surface area contributed by atoms with Crippen molar-refractivity contribution in [2.75, 3.05) is 32.8 Å². The monoisotopic (exact) mass is 663 g/mol. The molecule has 262 valence electrons. The maximum Gasteiger partial charge on any atom is 0.407 e. The Morgan fingerprint density at radius 2 is 1.58 bits per heavy atom. The highest BCUT2D eigenvalue weighted by atomic mass is 16.5. The lowest BCUT2D eigenvalue weighted by molar-refractivity contribution is -0.122. The summed E-state index contributed by atoms with van der Waals surface area (Å²) in [7, 11) is 3.28. The van der Waals surface area contributed by atoms with Crippen LogP contribution in [0, 0.1) is 23.7 Å². The van der Waals surface area contributed by atoms with Gasteiger partial charge in [0.25, 0.3) is 0 Å². The molecule has 0 radical (unpaired) electrons. The smallest absolute Gasteiger partial charge is 0.407 e. The first-order chi connectivity index (χ1) is 23.1. The second-order valence-corrected chi connectivity index (χ2v) is 12.8. The summed E-state index contributed by atoms with van der Waals surface area (Å²) in [6, 6.07) is 18.1. The second-order valence-electron chi connectivity index (χ2n) is 12.8. The summed E-state index contributed by atoms with van der Waals surface area (Å²) in [5.74, 6) is 0.829. The number of amides is 2.